The maximum atomic E-state index is 12.6. The molecule has 2 rings (SSSR count). The van der Waals surface area contributed by atoms with Gasteiger partial charge in [0.1, 0.15) is 5.82 Å². The molecule has 8 heteroatoms. The monoisotopic (exact) mass is 333 g/mol. The highest BCUT2D eigenvalue weighted by molar-refractivity contribution is 5.41. The first kappa shape index (κ1) is 18.0. The van der Waals surface area contributed by atoms with Crippen molar-refractivity contribution < 1.29 is 23.4 Å². The smallest absolute Gasteiger partial charge is 0.396 e. The zero-order valence-corrected chi connectivity index (χ0v) is 13.0. The van der Waals surface area contributed by atoms with Gasteiger partial charge in [-0.1, -0.05) is 0 Å². The van der Waals surface area contributed by atoms with Gasteiger partial charge in [-0.3, -0.25) is 0 Å². The van der Waals surface area contributed by atoms with Crippen LogP contribution in [0.15, 0.2) is 18.3 Å². The van der Waals surface area contributed by atoms with Crippen molar-refractivity contribution in [2.24, 2.45) is 11.8 Å². The summed E-state index contributed by atoms with van der Waals surface area (Å²) >= 11 is 0. The third-order valence-corrected chi connectivity index (χ3v) is 4.24. The second-order valence-corrected chi connectivity index (χ2v) is 6.00. The van der Waals surface area contributed by atoms with Crippen molar-refractivity contribution in [3.63, 3.8) is 0 Å². The van der Waals surface area contributed by atoms with E-state index in [4.69, 9.17) is 5.11 Å². The first-order valence-corrected chi connectivity index (χ1v) is 7.53. The molecule has 23 heavy (non-hydrogen) atoms. The van der Waals surface area contributed by atoms with E-state index < -0.39 is 11.7 Å². The molecule has 0 amide bonds. The van der Waals surface area contributed by atoms with E-state index in [0.29, 0.717) is 32.0 Å². The molecule has 130 valence electrons. The van der Waals surface area contributed by atoms with Crippen LogP contribution in [0.1, 0.15) is 5.56 Å². The van der Waals surface area contributed by atoms with Gasteiger partial charge < -0.3 is 20.0 Å². The van der Waals surface area contributed by atoms with Crippen molar-refractivity contribution in [1.82, 2.24) is 9.88 Å². The highest BCUT2D eigenvalue weighted by Gasteiger charge is 2.34. The largest absolute Gasteiger partial charge is 0.417 e. The molecule has 0 unspecified atom stereocenters. The highest BCUT2D eigenvalue weighted by atomic mass is 19.4. The lowest BCUT2D eigenvalue weighted by molar-refractivity contribution is -0.137. The number of alkyl halides is 3. The molecule has 1 fully saturated rings. The second-order valence-electron chi connectivity index (χ2n) is 6.00. The average molecular weight is 333 g/mol. The fourth-order valence-electron chi connectivity index (χ4n) is 2.94. The number of halogens is 3. The van der Waals surface area contributed by atoms with Crippen molar-refractivity contribution in [2.45, 2.75) is 6.18 Å². The Hall–Kier alpha value is -1.38. The van der Waals surface area contributed by atoms with Crippen LogP contribution in [0.4, 0.5) is 19.0 Å². The summed E-state index contributed by atoms with van der Waals surface area (Å²) in [5, 5.41) is 18.5. The summed E-state index contributed by atoms with van der Waals surface area (Å²) < 4.78 is 37.7. The molecule has 2 N–H and O–H groups in total. The van der Waals surface area contributed by atoms with E-state index in [1.807, 2.05) is 16.8 Å². The van der Waals surface area contributed by atoms with Gasteiger partial charge in [0.25, 0.3) is 0 Å². The number of pyridine rings is 1. The standard InChI is InChI=1S/C15H22F3N3O2/c1-20(4-5-22)7-11-8-21(9-12(11)10-23)14-3-2-13(6-19-14)15(16,17)18/h2-3,6,11-12,22-23H,4-5,7-10H2,1H3/t11-,12-/m1/s1. The van der Waals surface area contributed by atoms with Crippen molar-refractivity contribution >= 4 is 5.82 Å². The molecule has 5 nitrogen and oxygen atoms in total. The number of aliphatic hydroxyl groups is 2. The van der Waals surface area contributed by atoms with Crippen molar-refractivity contribution in [3.8, 4) is 0 Å². The van der Waals surface area contributed by atoms with Crippen LogP contribution in [0.25, 0.3) is 0 Å². The molecule has 0 saturated carbocycles. The Morgan fingerprint density at radius 3 is 2.48 bits per heavy atom. The molecule has 0 spiro atoms. The lowest BCUT2D eigenvalue weighted by Gasteiger charge is -2.23. The fourth-order valence-corrected chi connectivity index (χ4v) is 2.94. The summed E-state index contributed by atoms with van der Waals surface area (Å²) in [6, 6.07) is 2.40. The van der Waals surface area contributed by atoms with Gasteiger partial charge in [-0.15, -0.1) is 0 Å². The molecule has 2 atom stereocenters. The number of hydrogen-bond donors (Lipinski definition) is 2. The predicted octanol–water partition coefficient (Wildman–Crippen LogP) is 1.07. The lowest BCUT2D eigenvalue weighted by Crippen LogP contribution is -2.33. The first-order chi connectivity index (χ1) is 10.8. The van der Waals surface area contributed by atoms with E-state index in [0.717, 1.165) is 12.3 Å². The Labute approximate surface area is 133 Å². The second kappa shape index (κ2) is 7.46. The Morgan fingerprint density at radius 2 is 1.96 bits per heavy atom. The number of anilines is 1. The van der Waals surface area contributed by atoms with Gasteiger partial charge in [-0.25, -0.2) is 4.98 Å². The molecular weight excluding hydrogens is 311 g/mol. The lowest BCUT2D eigenvalue weighted by atomic mass is 9.96. The van der Waals surface area contributed by atoms with E-state index in [1.54, 1.807) is 0 Å². The maximum Gasteiger partial charge on any atom is 0.417 e. The van der Waals surface area contributed by atoms with Crippen LogP contribution in [-0.4, -0.2) is 66.5 Å². The van der Waals surface area contributed by atoms with E-state index in [-0.39, 0.29) is 25.0 Å². The Morgan fingerprint density at radius 1 is 1.26 bits per heavy atom. The predicted molar refractivity (Wildman–Crippen MR) is 80.1 cm³/mol. The fraction of sp³-hybridized carbons (Fsp3) is 0.667. The van der Waals surface area contributed by atoms with Crippen molar-refractivity contribution in [3.05, 3.63) is 23.9 Å². The topological polar surface area (TPSA) is 59.8 Å². The summed E-state index contributed by atoms with van der Waals surface area (Å²) in [6.45, 7) is 2.54. The quantitative estimate of drug-likeness (QED) is 0.816. The van der Waals surface area contributed by atoms with Crippen LogP contribution in [0.3, 0.4) is 0 Å². The minimum absolute atomic E-state index is 0.0226. The summed E-state index contributed by atoms with van der Waals surface area (Å²) in [4.78, 5) is 7.80. The van der Waals surface area contributed by atoms with Crippen LogP contribution >= 0.6 is 0 Å². The Kier molecular flexibility index (Phi) is 5.83. The first-order valence-electron chi connectivity index (χ1n) is 7.53. The Balaban J connectivity index is 2.04. The van der Waals surface area contributed by atoms with Crippen LogP contribution in [0.2, 0.25) is 0 Å². The number of nitrogens with zero attached hydrogens (tertiary/aromatic N) is 3. The van der Waals surface area contributed by atoms with Gasteiger partial charge in [0.2, 0.25) is 0 Å². The van der Waals surface area contributed by atoms with Crippen LogP contribution < -0.4 is 4.90 Å². The zero-order chi connectivity index (χ0) is 17.0. The normalized spacial score (nSPS) is 22.1. The minimum Gasteiger partial charge on any atom is -0.396 e. The van der Waals surface area contributed by atoms with Crippen LogP contribution in [0, 0.1) is 11.8 Å². The molecule has 1 aliphatic heterocycles. The van der Waals surface area contributed by atoms with E-state index >= 15 is 0 Å². The van der Waals surface area contributed by atoms with Gasteiger partial charge in [-0.05, 0) is 25.1 Å². The summed E-state index contributed by atoms with van der Waals surface area (Å²) in [5.41, 5.74) is -0.765. The highest BCUT2D eigenvalue weighted by Crippen LogP contribution is 2.31. The molecule has 0 aliphatic carbocycles. The van der Waals surface area contributed by atoms with Gasteiger partial charge >= 0.3 is 6.18 Å². The molecular formula is C15H22F3N3O2. The summed E-state index contributed by atoms with van der Waals surface area (Å²) in [5.74, 6) is 0.713. The molecule has 1 saturated heterocycles. The SMILES string of the molecule is CN(CCO)C[C@@H]1CN(c2ccc(C(F)(F)F)cn2)C[C@@H]1CO. The minimum atomic E-state index is -4.39. The van der Waals surface area contributed by atoms with E-state index in [2.05, 4.69) is 4.98 Å². The summed E-state index contributed by atoms with van der Waals surface area (Å²) in [7, 11) is 1.89. The molecule has 1 aromatic rings. The number of hydrogen-bond acceptors (Lipinski definition) is 5. The van der Waals surface area contributed by atoms with Crippen molar-refractivity contribution in [1.29, 1.82) is 0 Å². The molecule has 0 bridgehead atoms. The average Bonchev–Trinajstić information content (AvgIpc) is 2.89. The third-order valence-electron chi connectivity index (χ3n) is 4.24. The number of rotatable bonds is 6. The van der Waals surface area contributed by atoms with Gasteiger partial charge in [0.15, 0.2) is 0 Å². The number of aliphatic hydroxyl groups excluding tert-OH is 2. The van der Waals surface area contributed by atoms with Crippen molar-refractivity contribution in [2.75, 3.05) is 51.3 Å². The number of likely N-dealkylation sites (N-methyl/N-ethyl adjacent to an activating group) is 1. The van der Waals surface area contributed by atoms with Gasteiger partial charge in [0.05, 0.1) is 12.2 Å². The Bertz CT molecular complexity index is 496. The molecule has 1 aromatic heterocycles. The molecule has 0 radical (unpaired) electrons. The van der Waals surface area contributed by atoms with Crippen LogP contribution in [-0.2, 0) is 6.18 Å². The van der Waals surface area contributed by atoms with Crippen LogP contribution in [0.5, 0.6) is 0 Å². The van der Waals surface area contributed by atoms with E-state index in [9.17, 15) is 18.3 Å². The molecule has 0 aromatic carbocycles. The molecule has 2 heterocycles. The number of aromatic nitrogens is 1. The van der Waals surface area contributed by atoms with Gasteiger partial charge in [0, 0.05) is 44.9 Å². The third kappa shape index (κ3) is 4.55. The van der Waals surface area contributed by atoms with E-state index in [1.165, 1.54) is 6.07 Å². The molecule has 1 aliphatic rings. The summed E-state index contributed by atoms with van der Waals surface area (Å²) in [6.07, 6.45) is -3.55. The zero-order valence-electron chi connectivity index (χ0n) is 13.0. The van der Waals surface area contributed by atoms with Gasteiger partial charge in [-0.2, -0.15) is 13.2 Å². The maximum absolute atomic E-state index is 12.6.